The Balaban J connectivity index is 2.45. The fourth-order valence-electron chi connectivity index (χ4n) is 1.72. The average Bonchev–Trinajstić information content (AvgIpc) is 2.57. The number of halogens is 3. The molecule has 1 aromatic carbocycles. The molecule has 1 atom stereocenters. The Labute approximate surface area is 125 Å². The van der Waals surface area contributed by atoms with Gasteiger partial charge in [0.1, 0.15) is 11.6 Å². The number of benzene rings is 1. The number of carbonyl (C=O) groups is 1. The fraction of sp³-hybridized carbons (Fsp3) is 0.333. The van der Waals surface area contributed by atoms with Crippen molar-refractivity contribution in [1.82, 2.24) is 0 Å². The van der Waals surface area contributed by atoms with Crippen LogP contribution in [0.2, 0.25) is 15.1 Å². The van der Waals surface area contributed by atoms with Gasteiger partial charge in [0.2, 0.25) is 5.90 Å². The van der Waals surface area contributed by atoms with Crippen molar-refractivity contribution in [2.24, 2.45) is 11.0 Å². The molecule has 1 heterocycles. The van der Waals surface area contributed by atoms with Gasteiger partial charge in [-0.1, -0.05) is 34.8 Å². The number of anilines is 1. The maximum atomic E-state index is 12.2. The molecule has 0 aromatic heterocycles. The minimum atomic E-state index is -0.456. The van der Waals surface area contributed by atoms with E-state index in [1.807, 2.05) is 6.92 Å². The third-order valence-electron chi connectivity index (χ3n) is 2.63. The summed E-state index contributed by atoms with van der Waals surface area (Å²) in [6.07, 6.45) is 0. The smallest absolute Gasteiger partial charge is 0.259 e. The molecule has 0 aliphatic carbocycles. The lowest BCUT2D eigenvalue weighted by Crippen LogP contribution is -2.26. The molecule has 0 saturated heterocycles. The Morgan fingerprint density at radius 2 is 1.89 bits per heavy atom. The van der Waals surface area contributed by atoms with Gasteiger partial charge >= 0.3 is 0 Å². The first-order chi connectivity index (χ1) is 8.95. The minimum Gasteiger partial charge on any atom is -0.479 e. The van der Waals surface area contributed by atoms with Gasteiger partial charge in [0, 0.05) is 5.02 Å². The molecule has 4 nitrogen and oxygen atoms in total. The molecular weight excluding hydrogens is 311 g/mol. The minimum absolute atomic E-state index is 0.241. The Kier molecular flexibility index (Phi) is 4.23. The number of hydrazone groups is 1. The molecule has 0 N–H and O–H groups in total. The van der Waals surface area contributed by atoms with E-state index in [-0.39, 0.29) is 16.0 Å². The van der Waals surface area contributed by atoms with Crippen LogP contribution >= 0.6 is 34.8 Å². The Hall–Kier alpha value is -0.970. The zero-order chi connectivity index (χ0) is 14.2. The maximum Gasteiger partial charge on any atom is 0.259 e. The van der Waals surface area contributed by atoms with Crippen LogP contribution in [0.3, 0.4) is 0 Å². The molecule has 0 fully saturated rings. The number of amides is 1. The third kappa shape index (κ3) is 2.66. The molecule has 2 rings (SSSR count). The fourth-order valence-corrected chi connectivity index (χ4v) is 2.70. The van der Waals surface area contributed by atoms with Crippen molar-refractivity contribution in [2.75, 3.05) is 11.6 Å². The lowest BCUT2D eigenvalue weighted by molar-refractivity contribution is -0.119. The van der Waals surface area contributed by atoms with Gasteiger partial charge < -0.3 is 4.74 Å². The SMILES string of the molecule is CCOC1=NN(c2c(Cl)cc(Cl)cc2Cl)C(=O)C1C. The van der Waals surface area contributed by atoms with Crippen LogP contribution in [0.15, 0.2) is 17.2 Å². The van der Waals surface area contributed by atoms with Crippen LogP contribution in [0.1, 0.15) is 13.8 Å². The van der Waals surface area contributed by atoms with Crippen molar-refractivity contribution in [3.05, 3.63) is 27.2 Å². The first-order valence-electron chi connectivity index (χ1n) is 5.65. The largest absolute Gasteiger partial charge is 0.479 e. The van der Waals surface area contributed by atoms with Crippen LogP contribution in [0, 0.1) is 5.92 Å². The summed E-state index contributed by atoms with van der Waals surface area (Å²) in [5.41, 5.74) is 0.319. The molecular formula is C12H11Cl3N2O2. The lowest BCUT2D eigenvalue weighted by atomic mass is 10.1. The van der Waals surface area contributed by atoms with Crippen molar-refractivity contribution >= 4 is 52.3 Å². The van der Waals surface area contributed by atoms with E-state index in [2.05, 4.69) is 5.10 Å². The van der Waals surface area contributed by atoms with Crippen molar-refractivity contribution in [3.8, 4) is 0 Å². The summed E-state index contributed by atoms with van der Waals surface area (Å²) < 4.78 is 5.32. The molecule has 0 radical (unpaired) electrons. The normalized spacial score (nSPS) is 18.8. The number of carbonyl (C=O) groups excluding carboxylic acids is 1. The molecule has 1 aliphatic heterocycles. The zero-order valence-electron chi connectivity index (χ0n) is 10.3. The zero-order valence-corrected chi connectivity index (χ0v) is 12.6. The van der Waals surface area contributed by atoms with Gasteiger partial charge in [-0.05, 0) is 26.0 Å². The molecule has 1 aliphatic rings. The molecule has 7 heteroatoms. The van der Waals surface area contributed by atoms with Gasteiger partial charge in [-0.3, -0.25) is 4.79 Å². The summed E-state index contributed by atoms with van der Waals surface area (Å²) in [7, 11) is 0. The summed E-state index contributed by atoms with van der Waals surface area (Å²) in [5.74, 6) is -0.341. The van der Waals surface area contributed by atoms with Gasteiger partial charge in [0.25, 0.3) is 5.91 Å². The number of ether oxygens (including phenoxy) is 1. The predicted octanol–water partition coefficient (Wildman–Crippen LogP) is 3.98. The molecule has 0 spiro atoms. The van der Waals surface area contributed by atoms with Crippen LogP contribution in [-0.2, 0) is 9.53 Å². The van der Waals surface area contributed by atoms with E-state index in [9.17, 15) is 4.79 Å². The standard InChI is InChI=1S/C12H11Cl3N2O2/c1-3-19-11-6(2)12(18)17(16-11)10-8(14)4-7(13)5-9(10)15/h4-6H,3H2,1-2H3. The van der Waals surface area contributed by atoms with Crippen LogP contribution in [0.25, 0.3) is 0 Å². The lowest BCUT2D eigenvalue weighted by Gasteiger charge is -2.15. The van der Waals surface area contributed by atoms with Gasteiger partial charge in [-0.25, -0.2) is 0 Å². The van der Waals surface area contributed by atoms with Crippen LogP contribution in [-0.4, -0.2) is 18.4 Å². The van der Waals surface area contributed by atoms with E-state index in [1.54, 1.807) is 6.92 Å². The van der Waals surface area contributed by atoms with Crippen molar-refractivity contribution in [2.45, 2.75) is 13.8 Å². The summed E-state index contributed by atoms with van der Waals surface area (Å²) in [5, 5.41) is 6.21. The molecule has 1 amide bonds. The number of rotatable bonds is 2. The molecule has 0 bridgehead atoms. The molecule has 102 valence electrons. The molecule has 0 saturated carbocycles. The van der Waals surface area contributed by atoms with Crippen LogP contribution < -0.4 is 5.01 Å². The van der Waals surface area contributed by atoms with Gasteiger partial charge in [-0.15, -0.1) is 5.10 Å². The van der Waals surface area contributed by atoms with Crippen molar-refractivity contribution < 1.29 is 9.53 Å². The monoisotopic (exact) mass is 320 g/mol. The van der Waals surface area contributed by atoms with E-state index in [1.165, 1.54) is 12.1 Å². The summed E-state index contributed by atoms with van der Waals surface area (Å²) in [6, 6.07) is 3.02. The number of hydrogen-bond donors (Lipinski definition) is 0. The highest BCUT2D eigenvalue weighted by molar-refractivity contribution is 6.42. The Bertz CT molecular complexity index is 537. The molecule has 1 aromatic rings. The van der Waals surface area contributed by atoms with Gasteiger partial charge in [0.15, 0.2) is 0 Å². The van der Waals surface area contributed by atoms with Crippen LogP contribution in [0.5, 0.6) is 0 Å². The average molecular weight is 322 g/mol. The second-order valence-electron chi connectivity index (χ2n) is 3.96. The Morgan fingerprint density at radius 3 is 2.42 bits per heavy atom. The first kappa shape index (κ1) is 14.4. The van der Waals surface area contributed by atoms with Gasteiger partial charge in [0.05, 0.1) is 16.7 Å². The van der Waals surface area contributed by atoms with E-state index < -0.39 is 5.92 Å². The highest BCUT2D eigenvalue weighted by atomic mass is 35.5. The number of nitrogens with zero attached hydrogens (tertiary/aromatic N) is 2. The first-order valence-corrected chi connectivity index (χ1v) is 6.79. The molecule has 1 unspecified atom stereocenters. The quantitative estimate of drug-likeness (QED) is 0.827. The Morgan fingerprint density at radius 1 is 1.32 bits per heavy atom. The highest BCUT2D eigenvalue weighted by Gasteiger charge is 2.36. The second kappa shape index (κ2) is 5.57. The van der Waals surface area contributed by atoms with E-state index in [0.29, 0.717) is 23.2 Å². The van der Waals surface area contributed by atoms with E-state index in [4.69, 9.17) is 39.5 Å². The number of hydrogen-bond acceptors (Lipinski definition) is 3. The van der Waals surface area contributed by atoms with Crippen LogP contribution in [0.4, 0.5) is 5.69 Å². The van der Waals surface area contributed by atoms with E-state index >= 15 is 0 Å². The molecule has 19 heavy (non-hydrogen) atoms. The second-order valence-corrected chi connectivity index (χ2v) is 5.21. The summed E-state index contributed by atoms with van der Waals surface area (Å²) in [6.45, 7) is 3.98. The summed E-state index contributed by atoms with van der Waals surface area (Å²) in [4.78, 5) is 12.2. The topological polar surface area (TPSA) is 41.9 Å². The highest BCUT2D eigenvalue weighted by Crippen LogP contribution is 2.39. The summed E-state index contributed by atoms with van der Waals surface area (Å²) >= 11 is 18.0. The van der Waals surface area contributed by atoms with Gasteiger partial charge in [-0.2, -0.15) is 5.01 Å². The van der Waals surface area contributed by atoms with E-state index in [0.717, 1.165) is 5.01 Å². The van der Waals surface area contributed by atoms with Crippen molar-refractivity contribution in [1.29, 1.82) is 0 Å². The maximum absolute atomic E-state index is 12.2. The van der Waals surface area contributed by atoms with Crippen molar-refractivity contribution in [3.63, 3.8) is 0 Å². The third-order valence-corrected chi connectivity index (χ3v) is 3.43. The predicted molar refractivity (Wildman–Crippen MR) is 77.2 cm³/mol.